The summed E-state index contributed by atoms with van der Waals surface area (Å²) in [5.74, 6) is 0. The first kappa shape index (κ1) is 22.3. The fourth-order valence-corrected chi connectivity index (χ4v) is 2.82. The van der Waals surface area contributed by atoms with E-state index in [1.807, 2.05) is 70.7 Å². The Hall–Kier alpha value is -1.66. The molecule has 136 valence electrons. The van der Waals surface area contributed by atoms with Gasteiger partial charge < -0.3 is 10.2 Å². The number of nitrogens with one attached hydrogen (secondary N) is 2. The van der Waals surface area contributed by atoms with E-state index < -0.39 is 0 Å². The highest BCUT2D eigenvalue weighted by Gasteiger charge is 2.17. The summed E-state index contributed by atoms with van der Waals surface area (Å²) < 4.78 is 1.09. The lowest BCUT2D eigenvalue weighted by molar-refractivity contribution is 0.204. The number of carbonyl (C=O) groups excluding carboxylic acids is 1. The minimum Gasteiger partial charge on any atom is -0.322 e. The minimum absolute atomic E-state index is 0.0597. The Morgan fingerprint density at radius 1 is 1.08 bits per heavy atom. The third kappa shape index (κ3) is 6.84. The number of anilines is 1. The van der Waals surface area contributed by atoms with Crippen LogP contribution in [0.25, 0.3) is 10.2 Å². The Morgan fingerprint density at radius 3 is 2.25 bits per heavy atom. The van der Waals surface area contributed by atoms with Gasteiger partial charge in [0, 0.05) is 26.2 Å². The molecular formula is C18H32N4OS. The second-order valence-electron chi connectivity index (χ2n) is 4.15. The quantitative estimate of drug-likeness (QED) is 0.774. The molecule has 1 fully saturated rings. The molecule has 2 aromatic rings. The van der Waals surface area contributed by atoms with Crippen LogP contribution in [0.2, 0.25) is 0 Å². The number of hydrogen-bond acceptors (Lipinski definition) is 4. The van der Waals surface area contributed by atoms with E-state index >= 15 is 0 Å². The van der Waals surface area contributed by atoms with Crippen LogP contribution in [0.15, 0.2) is 24.3 Å². The number of amides is 2. The van der Waals surface area contributed by atoms with Gasteiger partial charge in [0.1, 0.15) is 0 Å². The normalized spacial score (nSPS) is 12.7. The number of thiazole rings is 1. The van der Waals surface area contributed by atoms with Crippen LogP contribution in [0.4, 0.5) is 9.93 Å². The molecule has 0 unspecified atom stereocenters. The van der Waals surface area contributed by atoms with E-state index in [1.165, 1.54) is 11.3 Å². The first-order valence-corrected chi connectivity index (χ1v) is 9.77. The highest BCUT2D eigenvalue weighted by molar-refractivity contribution is 7.22. The van der Waals surface area contributed by atoms with Crippen molar-refractivity contribution in [2.75, 3.05) is 31.5 Å². The molecule has 0 atom stereocenters. The van der Waals surface area contributed by atoms with Crippen molar-refractivity contribution < 1.29 is 4.79 Å². The summed E-state index contributed by atoms with van der Waals surface area (Å²) in [6, 6.07) is 7.82. The van der Waals surface area contributed by atoms with Crippen molar-refractivity contribution in [2.45, 2.75) is 41.5 Å². The molecule has 0 bridgehead atoms. The summed E-state index contributed by atoms with van der Waals surface area (Å²) in [5, 5.41) is 6.75. The van der Waals surface area contributed by atoms with Crippen molar-refractivity contribution in [2.24, 2.45) is 0 Å². The van der Waals surface area contributed by atoms with Gasteiger partial charge in [-0.05, 0) is 12.1 Å². The molecule has 2 heterocycles. The predicted molar refractivity (Wildman–Crippen MR) is 107 cm³/mol. The van der Waals surface area contributed by atoms with E-state index in [4.69, 9.17) is 0 Å². The van der Waals surface area contributed by atoms with Gasteiger partial charge in [0.2, 0.25) is 0 Å². The fourth-order valence-electron chi connectivity index (χ4n) is 1.96. The van der Waals surface area contributed by atoms with Gasteiger partial charge in [-0.2, -0.15) is 0 Å². The standard InChI is InChI=1S/C12H14N4OS.3C2H6/c17-12(16-7-5-13-6-8-16)15-11-14-9-3-1-2-4-10(9)18-11;3*1-2/h1-4,13H,5-8H2,(H,14,15,17);3*1-2H3. The molecule has 1 saturated heterocycles. The van der Waals surface area contributed by atoms with Gasteiger partial charge in [0.15, 0.2) is 5.13 Å². The summed E-state index contributed by atoms with van der Waals surface area (Å²) in [6.07, 6.45) is 0. The summed E-state index contributed by atoms with van der Waals surface area (Å²) in [5.41, 5.74) is 0.929. The first-order chi connectivity index (χ1) is 11.8. The number of nitrogens with zero attached hydrogens (tertiary/aromatic N) is 2. The van der Waals surface area contributed by atoms with Crippen molar-refractivity contribution >= 4 is 32.7 Å². The molecule has 24 heavy (non-hydrogen) atoms. The molecule has 6 heteroatoms. The van der Waals surface area contributed by atoms with Crippen LogP contribution in [0.3, 0.4) is 0 Å². The van der Waals surface area contributed by atoms with Gasteiger partial charge in [0.25, 0.3) is 0 Å². The lowest BCUT2D eigenvalue weighted by Crippen LogP contribution is -2.48. The molecule has 2 N–H and O–H groups in total. The van der Waals surface area contributed by atoms with Crippen LogP contribution < -0.4 is 10.6 Å². The number of fused-ring (bicyclic) bond motifs is 1. The Kier molecular flexibility index (Phi) is 12.8. The van der Waals surface area contributed by atoms with E-state index in [-0.39, 0.29) is 6.03 Å². The van der Waals surface area contributed by atoms with Crippen molar-refractivity contribution in [1.82, 2.24) is 15.2 Å². The number of benzene rings is 1. The summed E-state index contributed by atoms with van der Waals surface area (Å²) in [7, 11) is 0. The number of piperazine rings is 1. The van der Waals surface area contributed by atoms with Gasteiger partial charge in [0.05, 0.1) is 10.2 Å². The number of rotatable bonds is 1. The van der Waals surface area contributed by atoms with Crippen LogP contribution in [0.1, 0.15) is 41.5 Å². The molecule has 0 radical (unpaired) electrons. The molecule has 0 aliphatic carbocycles. The molecule has 3 rings (SSSR count). The molecule has 2 amide bonds. The third-order valence-electron chi connectivity index (χ3n) is 2.91. The van der Waals surface area contributed by atoms with Gasteiger partial charge in [-0.1, -0.05) is 65.0 Å². The number of carbonyl (C=O) groups is 1. The Bertz CT molecular complexity index is 532. The maximum absolute atomic E-state index is 12.0. The maximum Gasteiger partial charge on any atom is 0.323 e. The predicted octanol–water partition coefficient (Wildman–Crippen LogP) is 4.81. The average molecular weight is 353 g/mol. The Morgan fingerprint density at radius 2 is 1.67 bits per heavy atom. The SMILES string of the molecule is CC.CC.CC.O=C(Nc1nc2ccccc2s1)N1CCNCC1. The highest BCUT2D eigenvalue weighted by Crippen LogP contribution is 2.25. The van der Waals surface area contributed by atoms with Crippen molar-refractivity contribution in [3.05, 3.63) is 24.3 Å². The zero-order chi connectivity index (χ0) is 18.4. The fraction of sp³-hybridized carbons (Fsp3) is 0.556. The van der Waals surface area contributed by atoms with Gasteiger partial charge >= 0.3 is 6.03 Å². The Balaban J connectivity index is 0.000000798. The molecular weight excluding hydrogens is 320 g/mol. The van der Waals surface area contributed by atoms with Crippen LogP contribution in [0, 0.1) is 0 Å². The number of hydrogen-bond donors (Lipinski definition) is 2. The van der Waals surface area contributed by atoms with Gasteiger partial charge in [-0.15, -0.1) is 0 Å². The second-order valence-corrected chi connectivity index (χ2v) is 5.18. The molecule has 0 spiro atoms. The number of aromatic nitrogens is 1. The molecule has 1 aliphatic rings. The number of urea groups is 1. The van der Waals surface area contributed by atoms with Crippen LogP contribution >= 0.6 is 11.3 Å². The lowest BCUT2D eigenvalue weighted by Gasteiger charge is -2.26. The molecule has 0 saturated carbocycles. The number of para-hydroxylation sites is 1. The van der Waals surface area contributed by atoms with Crippen LogP contribution in [-0.4, -0.2) is 42.1 Å². The minimum atomic E-state index is -0.0597. The maximum atomic E-state index is 12.0. The van der Waals surface area contributed by atoms with Crippen molar-refractivity contribution in [3.8, 4) is 0 Å². The molecule has 1 aromatic heterocycles. The highest BCUT2D eigenvalue weighted by atomic mass is 32.1. The van der Waals surface area contributed by atoms with E-state index in [0.717, 1.165) is 36.4 Å². The summed E-state index contributed by atoms with van der Waals surface area (Å²) in [4.78, 5) is 18.2. The van der Waals surface area contributed by atoms with Crippen LogP contribution in [0.5, 0.6) is 0 Å². The van der Waals surface area contributed by atoms with Gasteiger partial charge in [-0.25, -0.2) is 9.78 Å². The van der Waals surface area contributed by atoms with E-state index in [2.05, 4.69) is 15.6 Å². The molecule has 1 aliphatic heterocycles. The van der Waals surface area contributed by atoms with E-state index in [0.29, 0.717) is 5.13 Å². The monoisotopic (exact) mass is 352 g/mol. The summed E-state index contributed by atoms with van der Waals surface area (Å²) in [6.45, 7) is 15.2. The first-order valence-electron chi connectivity index (χ1n) is 8.95. The largest absolute Gasteiger partial charge is 0.323 e. The van der Waals surface area contributed by atoms with Gasteiger partial charge in [-0.3, -0.25) is 5.32 Å². The Labute approximate surface area is 150 Å². The topological polar surface area (TPSA) is 57.3 Å². The van der Waals surface area contributed by atoms with Crippen molar-refractivity contribution in [1.29, 1.82) is 0 Å². The molecule has 5 nitrogen and oxygen atoms in total. The second kappa shape index (κ2) is 13.7. The summed E-state index contributed by atoms with van der Waals surface area (Å²) >= 11 is 1.50. The zero-order valence-corrected chi connectivity index (χ0v) is 16.7. The van der Waals surface area contributed by atoms with E-state index in [1.54, 1.807) is 0 Å². The third-order valence-corrected chi connectivity index (χ3v) is 3.86. The smallest absolute Gasteiger partial charge is 0.322 e. The zero-order valence-electron chi connectivity index (χ0n) is 15.8. The van der Waals surface area contributed by atoms with Crippen molar-refractivity contribution in [3.63, 3.8) is 0 Å². The average Bonchev–Trinajstić information content (AvgIpc) is 3.09. The lowest BCUT2D eigenvalue weighted by atomic mass is 10.3. The molecule has 1 aromatic carbocycles. The van der Waals surface area contributed by atoms with Crippen LogP contribution in [-0.2, 0) is 0 Å². The van der Waals surface area contributed by atoms with E-state index in [9.17, 15) is 4.79 Å².